The van der Waals surface area contributed by atoms with E-state index in [-0.39, 0.29) is 97.9 Å². The third kappa shape index (κ3) is 23900. The Balaban J connectivity index is -0.0000000150. The fourth-order valence-electron chi connectivity index (χ4n) is 0. The standard InChI is InChI=1S/K.La.4NO3.2H2O/c;;4*2-1(3)4;;/h;;;;;;2*1H2/q+1;+3;4*-1;;. The fourth-order valence-corrected chi connectivity index (χ4v) is 0. The molecule has 112 valence electrons. The molecule has 0 fully saturated rings. The van der Waals surface area contributed by atoms with E-state index in [1.165, 1.54) is 0 Å². The molecule has 0 aromatic carbocycles. The number of hydrogen-bond acceptors (Lipinski definition) is 12. The van der Waals surface area contributed by atoms with E-state index in [9.17, 15) is 0 Å². The molecule has 0 aliphatic rings. The van der Waals surface area contributed by atoms with Crippen LogP contribution in [-0.2, 0) is 0 Å². The van der Waals surface area contributed by atoms with Crippen LogP contribution in [0.3, 0.4) is 0 Å². The Hall–Kier alpha value is -0.449. The van der Waals surface area contributed by atoms with Crippen molar-refractivity contribution in [3.63, 3.8) is 0 Å². The van der Waals surface area contributed by atoms with E-state index < -0.39 is 20.3 Å². The van der Waals surface area contributed by atoms with Gasteiger partial charge in [0.1, 0.15) is 0 Å². The van der Waals surface area contributed by atoms with E-state index in [0.717, 1.165) is 0 Å². The van der Waals surface area contributed by atoms with Gasteiger partial charge in [0.05, 0.1) is 20.3 Å². The van der Waals surface area contributed by atoms with Gasteiger partial charge in [0, 0.05) is 0 Å². The van der Waals surface area contributed by atoms with Crippen LogP contribution < -0.4 is 51.4 Å². The Bertz CT molecular complexity index is 165. The second kappa shape index (κ2) is 42.8. The normalized spacial score (nSPS) is 4.80. The van der Waals surface area contributed by atoms with Gasteiger partial charge in [-0.15, -0.1) is 0 Å². The van der Waals surface area contributed by atoms with Gasteiger partial charge in [0.15, 0.2) is 0 Å². The van der Waals surface area contributed by atoms with Crippen molar-refractivity contribution in [3.05, 3.63) is 61.3 Å². The SMILES string of the molecule is O.O.O=[N+]([O-])[O-].O=[N+]([O-])[O-].O=[N+]([O-])[O-].O=[N+]([O-])[O-].[K+].[La+3]. The summed E-state index contributed by atoms with van der Waals surface area (Å²) in [7, 11) is 0. The second-order valence-corrected chi connectivity index (χ2v) is 0.894. The first-order valence-corrected chi connectivity index (χ1v) is 2.19. The van der Waals surface area contributed by atoms with E-state index in [4.69, 9.17) is 61.3 Å². The third-order valence-corrected chi connectivity index (χ3v) is 0. The minimum atomic E-state index is -1.75. The van der Waals surface area contributed by atoms with Crippen molar-refractivity contribution in [2.24, 2.45) is 0 Å². The van der Waals surface area contributed by atoms with E-state index in [0.29, 0.717) is 0 Å². The maximum atomic E-state index is 8.25. The van der Waals surface area contributed by atoms with Gasteiger partial charge < -0.3 is 72.2 Å². The average molecular weight is 462 g/mol. The zero-order valence-corrected chi connectivity index (χ0v) is 16.0. The Morgan fingerprint density at radius 1 is 0.450 bits per heavy atom. The molecule has 0 rings (SSSR count). The van der Waals surface area contributed by atoms with Crippen molar-refractivity contribution >= 4 is 0 Å². The predicted molar refractivity (Wildman–Crippen MR) is 48.7 cm³/mol. The smallest absolute Gasteiger partial charge is 0.412 e. The van der Waals surface area contributed by atoms with Gasteiger partial charge in [-0.1, -0.05) is 0 Å². The number of nitrogens with zero attached hydrogens (tertiary/aromatic N) is 4. The zero-order chi connectivity index (χ0) is 14.3. The molecule has 0 aromatic rings. The Kier molecular flexibility index (Phi) is 108. The molecule has 4 N–H and O–H groups in total. The molecule has 20 heavy (non-hydrogen) atoms. The van der Waals surface area contributed by atoms with Gasteiger partial charge in [0.2, 0.25) is 0 Å². The molecule has 0 amide bonds. The number of hydrogen-bond donors (Lipinski definition) is 0. The first-order chi connectivity index (χ1) is 6.93. The summed E-state index contributed by atoms with van der Waals surface area (Å²) in [4.78, 5) is 33.0. The monoisotopic (exact) mass is 462 g/mol. The Morgan fingerprint density at radius 2 is 0.450 bits per heavy atom. The molecule has 0 radical (unpaired) electrons. The largest absolute Gasteiger partial charge is 3.00 e. The van der Waals surface area contributed by atoms with Crippen LogP contribution in [-0.4, -0.2) is 31.3 Å². The van der Waals surface area contributed by atoms with Crippen LogP contribution in [0.5, 0.6) is 0 Å². The van der Waals surface area contributed by atoms with Crippen molar-refractivity contribution in [2.45, 2.75) is 0 Å². The molecule has 0 saturated heterocycles. The van der Waals surface area contributed by atoms with Gasteiger partial charge in [-0.3, -0.25) is 0 Å². The van der Waals surface area contributed by atoms with Gasteiger partial charge in [-0.05, 0) is 0 Å². The van der Waals surface area contributed by atoms with Crippen LogP contribution in [0.25, 0.3) is 0 Å². The quantitative estimate of drug-likeness (QED) is 0.185. The van der Waals surface area contributed by atoms with E-state index >= 15 is 0 Å². The Labute approximate surface area is 177 Å². The Morgan fingerprint density at radius 3 is 0.450 bits per heavy atom. The molecule has 0 aromatic heterocycles. The van der Waals surface area contributed by atoms with Gasteiger partial charge >= 0.3 is 87.0 Å². The molecule has 18 nitrogen and oxygen atoms in total. The summed E-state index contributed by atoms with van der Waals surface area (Å²) >= 11 is 0. The summed E-state index contributed by atoms with van der Waals surface area (Å²) in [6.07, 6.45) is 0. The summed E-state index contributed by atoms with van der Waals surface area (Å²) in [6.45, 7) is 0. The summed E-state index contributed by atoms with van der Waals surface area (Å²) < 4.78 is 0. The van der Waals surface area contributed by atoms with Crippen LogP contribution >= 0.6 is 0 Å². The van der Waals surface area contributed by atoms with Crippen LogP contribution in [0.1, 0.15) is 0 Å². The van der Waals surface area contributed by atoms with E-state index in [1.54, 1.807) is 0 Å². The van der Waals surface area contributed by atoms with Gasteiger partial charge in [-0.25, -0.2) is 0 Å². The predicted octanol–water partition coefficient (Wildman–Crippen LogP) is -5.60. The van der Waals surface area contributed by atoms with Crippen LogP contribution in [0.4, 0.5) is 0 Å². The van der Waals surface area contributed by atoms with Gasteiger partial charge in [0.25, 0.3) is 0 Å². The van der Waals surface area contributed by atoms with Crippen molar-refractivity contribution in [3.8, 4) is 0 Å². The van der Waals surface area contributed by atoms with Crippen molar-refractivity contribution < 1.29 is 118 Å². The van der Waals surface area contributed by atoms with Crippen LogP contribution in [0.15, 0.2) is 0 Å². The van der Waals surface area contributed by atoms with Gasteiger partial charge in [-0.2, -0.15) is 0 Å². The molecule has 0 bridgehead atoms. The molecular weight excluding hydrogens is 458 g/mol. The van der Waals surface area contributed by atoms with E-state index in [1.807, 2.05) is 0 Å². The molecule has 0 heterocycles. The third-order valence-electron chi connectivity index (χ3n) is 0. The van der Waals surface area contributed by atoms with Crippen molar-refractivity contribution in [1.29, 1.82) is 0 Å². The zero-order valence-electron chi connectivity index (χ0n) is 9.27. The fraction of sp³-hybridized carbons (Fsp3) is 0. The molecule has 20 heteroatoms. The molecule has 0 aliphatic carbocycles. The first kappa shape index (κ1) is 50.4. The topological polar surface area (TPSA) is 328 Å². The second-order valence-electron chi connectivity index (χ2n) is 0.894. The van der Waals surface area contributed by atoms with Crippen molar-refractivity contribution in [2.75, 3.05) is 0 Å². The van der Waals surface area contributed by atoms with Crippen LogP contribution in [0, 0.1) is 96.9 Å². The molecule has 0 unspecified atom stereocenters. The summed E-state index contributed by atoms with van der Waals surface area (Å²) in [6, 6.07) is 0. The minimum Gasteiger partial charge on any atom is -0.412 e. The molecule has 0 aliphatic heterocycles. The number of rotatable bonds is 0. The summed E-state index contributed by atoms with van der Waals surface area (Å²) in [5.41, 5.74) is 0. The summed E-state index contributed by atoms with van der Waals surface area (Å²) in [5.74, 6) is 0. The van der Waals surface area contributed by atoms with Crippen molar-refractivity contribution in [1.82, 2.24) is 0 Å². The maximum absolute atomic E-state index is 8.25. The minimum absolute atomic E-state index is 0. The molecule has 0 spiro atoms. The van der Waals surface area contributed by atoms with Crippen LogP contribution in [0.2, 0.25) is 0 Å². The first-order valence-electron chi connectivity index (χ1n) is 2.19. The summed E-state index contributed by atoms with van der Waals surface area (Å²) in [5, 5.41) is 59.0. The van der Waals surface area contributed by atoms with E-state index in [2.05, 4.69) is 0 Å². The molecule has 0 saturated carbocycles. The average Bonchev–Trinajstić information content (AvgIpc) is 1.76. The maximum Gasteiger partial charge on any atom is 3.00 e. The molecular formula is H4KLaN4O14. The molecule has 0 atom stereocenters.